The fourth-order valence-electron chi connectivity index (χ4n) is 1.20. The normalized spacial score (nSPS) is 14.4. The fourth-order valence-corrected chi connectivity index (χ4v) is 1.33. The number of carbonyl (C=O) groups is 1. The van der Waals surface area contributed by atoms with Crippen LogP contribution in [0.2, 0.25) is 0 Å². The molecular formula is C13H27NO3S. The Bertz CT molecular complexity index is 214. The lowest BCUT2D eigenvalue weighted by molar-refractivity contribution is -0.127. The second-order valence-electron chi connectivity index (χ2n) is 4.32. The smallest absolute Gasteiger partial charge is 0.161 e. The van der Waals surface area contributed by atoms with E-state index in [4.69, 9.17) is 9.47 Å². The molecule has 1 N–H and O–H groups in total. The Kier molecular flexibility index (Phi) is 11.9. The van der Waals surface area contributed by atoms with Crippen LogP contribution < -0.4 is 5.32 Å². The second kappa shape index (κ2) is 12.0. The average Bonchev–Trinajstić information content (AvgIpc) is 2.39. The Balaban J connectivity index is 3.24. The number of ketones is 1. The largest absolute Gasteiger partial charge is 0.378 e. The summed E-state index contributed by atoms with van der Waals surface area (Å²) in [7, 11) is 0. The summed E-state index contributed by atoms with van der Waals surface area (Å²) in [6, 6.07) is 0. The molecule has 0 fully saturated rings. The summed E-state index contributed by atoms with van der Waals surface area (Å²) in [6.07, 6.45) is 1.86. The zero-order valence-electron chi connectivity index (χ0n) is 11.8. The van der Waals surface area contributed by atoms with Crippen molar-refractivity contribution < 1.29 is 14.3 Å². The van der Waals surface area contributed by atoms with Gasteiger partial charge < -0.3 is 14.8 Å². The van der Waals surface area contributed by atoms with Gasteiger partial charge in [-0.2, -0.15) is 12.6 Å². The summed E-state index contributed by atoms with van der Waals surface area (Å²) < 4.78 is 10.6. The predicted octanol–water partition coefficient (Wildman–Crippen LogP) is 1.89. The maximum atomic E-state index is 11.4. The van der Waals surface area contributed by atoms with Crippen molar-refractivity contribution in [2.75, 3.05) is 33.0 Å². The van der Waals surface area contributed by atoms with Gasteiger partial charge in [-0.05, 0) is 12.8 Å². The van der Waals surface area contributed by atoms with Gasteiger partial charge in [-0.25, -0.2) is 0 Å². The minimum atomic E-state index is 0.0940. The van der Waals surface area contributed by atoms with Gasteiger partial charge in [0.05, 0.1) is 25.2 Å². The van der Waals surface area contributed by atoms with Crippen LogP contribution in [-0.2, 0) is 14.3 Å². The maximum Gasteiger partial charge on any atom is 0.161 e. The molecule has 4 nitrogen and oxygen atoms in total. The van der Waals surface area contributed by atoms with Crippen LogP contribution in [0.1, 0.15) is 33.6 Å². The van der Waals surface area contributed by atoms with Crippen LogP contribution in [0.5, 0.6) is 0 Å². The van der Waals surface area contributed by atoms with Crippen LogP contribution in [0.4, 0.5) is 0 Å². The molecule has 0 aliphatic rings. The molecule has 0 radical (unpaired) electrons. The Hall–Kier alpha value is -0.100. The minimum Gasteiger partial charge on any atom is -0.378 e. The fraction of sp³-hybridized carbons (Fsp3) is 0.923. The second-order valence-corrected chi connectivity index (χ2v) is 4.94. The third-order valence-electron chi connectivity index (χ3n) is 2.79. The molecular weight excluding hydrogens is 250 g/mol. The van der Waals surface area contributed by atoms with Crippen molar-refractivity contribution in [1.82, 2.24) is 5.32 Å². The van der Waals surface area contributed by atoms with Gasteiger partial charge in [0.25, 0.3) is 0 Å². The first-order valence-corrected chi connectivity index (χ1v) is 7.23. The van der Waals surface area contributed by atoms with Crippen LogP contribution in [0.25, 0.3) is 0 Å². The van der Waals surface area contributed by atoms with Gasteiger partial charge in [-0.3, -0.25) is 4.79 Å². The molecule has 0 heterocycles. The quantitative estimate of drug-likeness (QED) is 0.325. The van der Waals surface area contributed by atoms with Gasteiger partial charge in [0, 0.05) is 12.5 Å². The zero-order chi connectivity index (χ0) is 13.8. The van der Waals surface area contributed by atoms with Gasteiger partial charge in [-0.1, -0.05) is 20.8 Å². The van der Waals surface area contributed by atoms with Gasteiger partial charge in [-0.15, -0.1) is 0 Å². The molecule has 0 saturated carbocycles. The van der Waals surface area contributed by atoms with Crippen molar-refractivity contribution >= 4 is 18.4 Å². The molecule has 0 saturated heterocycles. The van der Waals surface area contributed by atoms with Crippen molar-refractivity contribution in [3.8, 4) is 0 Å². The molecule has 0 amide bonds. The topological polar surface area (TPSA) is 47.6 Å². The van der Waals surface area contributed by atoms with Crippen LogP contribution in [0.15, 0.2) is 0 Å². The average molecular weight is 277 g/mol. The molecule has 2 atom stereocenters. The minimum absolute atomic E-state index is 0.0940. The number of hydrogen-bond donors (Lipinski definition) is 2. The number of hydrogen-bond acceptors (Lipinski definition) is 5. The van der Waals surface area contributed by atoms with Crippen LogP contribution in [0, 0.1) is 5.92 Å². The molecule has 2 unspecified atom stereocenters. The molecule has 108 valence electrons. The maximum absolute atomic E-state index is 11.4. The van der Waals surface area contributed by atoms with E-state index >= 15 is 0 Å². The van der Waals surface area contributed by atoms with E-state index in [1.165, 1.54) is 0 Å². The SMILES string of the molecule is CCC(S)NCCOCCOCC(=O)C(C)CC. The van der Waals surface area contributed by atoms with Crippen molar-refractivity contribution in [3.05, 3.63) is 0 Å². The number of carbonyl (C=O) groups excluding carboxylic acids is 1. The van der Waals surface area contributed by atoms with Crippen molar-refractivity contribution in [2.45, 2.75) is 39.0 Å². The summed E-state index contributed by atoms with van der Waals surface area (Å²) in [5.74, 6) is 0.261. The van der Waals surface area contributed by atoms with Crippen molar-refractivity contribution in [2.24, 2.45) is 5.92 Å². The Morgan fingerprint density at radius 2 is 1.83 bits per heavy atom. The molecule has 0 aromatic carbocycles. The standard InChI is InChI=1S/C13H27NO3S/c1-4-11(3)12(15)10-17-9-8-16-7-6-14-13(18)5-2/h11,13-14,18H,4-10H2,1-3H3. The summed E-state index contributed by atoms with van der Waals surface area (Å²) in [4.78, 5) is 11.4. The Morgan fingerprint density at radius 3 is 2.44 bits per heavy atom. The van der Waals surface area contributed by atoms with Crippen molar-refractivity contribution in [1.29, 1.82) is 0 Å². The zero-order valence-corrected chi connectivity index (χ0v) is 12.7. The molecule has 0 aromatic heterocycles. The molecule has 0 spiro atoms. The molecule has 5 heteroatoms. The van der Waals surface area contributed by atoms with E-state index < -0.39 is 0 Å². The molecule has 0 rings (SSSR count). The number of nitrogens with one attached hydrogen (secondary N) is 1. The van der Waals surface area contributed by atoms with E-state index in [1.54, 1.807) is 0 Å². The first-order chi connectivity index (χ1) is 8.61. The highest BCUT2D eigenvalue weighted by molar-refractivity contribution is 7.80. The lowest BCUT2D eigenvalue weighted by Crippen LogP contribution is -2.27. The van der Waals surface area contributed by atoms with Gasteiger partial charge in [0.15, 0.2) is 5.78 Å². The number of thiol groups is 1. The number of Topliss-reactive ketones (excluding diaryl/α,β-unsaturated/α-hetero) is 1. The number of rotatable bonds is 12. The summed E-state index contributed by atoms with van der Waals surface area (Å²) in [5, 5.41) is 3.44. The van der Waals surface area contributed by atoms with E-state index in [1.807, 2.05) is 13.8 Å². The van der Waals surface area contributed by atoms with Gasteiger partial charge in [0.2, 0.25) is 0 Å². The van der Waals surface area contributed by atoms with E-state index in [-0.39, 0.29) is 23.7 Å². The predicted molar refractivity (Wildman–Crippen MR) is 77.2 cm³/mol. The number of ether oxygens (including phenoxy) is 2. The lowest BCUT2D eigenvalue weighted by Gasteiger charge is -2.11. The first kappa shape index (κ1) is 17.9. The Morgan fingerprint density at radius 1 is 1.17 bits per heavy atom. The summed E-state index contributed by atoms with van der Waals surface area (Å²) in [5.41, 5.74) is 0. The third kappa shape index (κ3) is 9.88. The lowest BCUT2D eigenvalue weighted by atomic mass is 10.1. The monoisotopic (exact) mass is 277 g/mol. The summed E-state index contributed by atoms with van der Waals surface area (Å²) >= 11 is 4.31. The third-order valence-corrected chi connectivity index (χ3v) is 3.34. The molecule has 0 bridgehead atoms. The molecule has 0 aromatic rings. The van der Waals surface area contributed by atoms with E-state index in [0.717, 1.165) is 19.4 Å². The van der Waals surface area contributed by atoms with Crippen LogP contribution in [-0.4, -0.2) is 44.1 Å². The van der Waals surface area contributed by atoms with Gasteiger partial charge >= 0.3 is 0 Å². The molecule has 18 heavy (non-hydrogen) atoms. The van der Waals surface area contributed by atoms with Crippen molar-refractivity contribution in [3.63, 3.8) is 0 Å². The van der Waals surface area contributed by atoms with E-state index in [0.29, 0.717) is 19.8 Å². The highest BCUT2D eigenvalue weighted by atomic mass is 32.1. The van der Waals surface area contributed by atoms with Crippen LogP contribution in [0.3, 0.4) is 0 Å². The van der Waals surface area contributed by atoms with Crippen LogP contribution >= 0.6 is 12.6 Å². The molecule has 0 aliphatic carbocycles. The molecule has 0 aliphatic heterocycles. The Labute approximate surface area is 116 Å². The highest BCUT2D eigenvalue weighted by Gasteiger charge is 2.09. The van der Waals surface area contributed by atoms with Gasteiger partial charge in [0.1, 0.15) is 6.61 Å². The highest BCUT2D eigenvalue weighted by Crippen LogP contribution is 2.01. The first-order valence-electron chi connectivity index (χ1n) is 6.71. The summed E-state index contributed by atoms with van der Waals surface area (Å²) in [6.45, 7) is 8.63. The van der Waals surface area contributed by atoms with E-state index in [9.17, 15) is 4.79 Å². The van der Waals surface area contributed by atoms with E-state index in [2.05, 4.69) is 24.9 Å².